The third-order valence-corrected chi connectivity index (χ3v) is 6.81. The Labute approximate surface area is 198 Å². The molecule has 12 heteroatoms. The van der Waals surface area contributed by atoms with E-state index in [1.165, 1.54) is 42.8 Å². The summed E-state index contributed by atoms with van der Waals surface area (Å²) < 4.78 is 47.6. The van der Waals surface area contributed by atoms with Crippen LogP contribution in [-0.4, -0.2) is 78.5 Å². The topological polar surface area (TPSA) is 132 Å². The predicted molar refractivity (Wildman–Crippen MR) is 124 cm³/mol. The van der Waals surface area contributed by atoms with Crippen LogP contribution in [0.5, 0.6) is 5.75 Å². The smallest absolute Gasteiger partial charge is 0.411 e. The van der Waals surface area contributed by atoms with Crippen molar-refractivity contribution in [3.05, 3.63) is 48.0 Å². The number of carbonyl (C=O) groups excluding carboxylic acids is 2. The first-order valence-electron chi connectivity index (χ1n) is 10.4. The van der Waals surface area contributed by atoms with Gasteiger partial charge in [-0.1, -0.05) is 6.07 Å². The largest absolute Gasteiger partial charge is 0.496 e. The molecule has 0 spiro atoms. The summed E-state index contributed by atoms with van der Waals surface area (Å²) in [5, 5.41) is 5.25. The Morgan fingerprint density at radius 3 is 2.38 bits per heavy atom. The van der Waals surface area contributed by atoms with Gasteiger partial charge in [0.25, 0.3) is 5.91 Å². The van der Waals surface area contributed by atoms with Gasteiger partial charge in [-0.2, -0.15) is 4.31 Å². The van der Waals surface area contributed by atoms with Crippen molar-refractivity contribution >= 4 is 33.4 Å². The molecule has 0 unspecified atom stereocenters. The van der Waals surface area contributed by atoms with Crippen molar-refractivity contribution in [2.75, 3.05) is 64.4 Å². The highest BCUT2D eigenvalue weighted by Crippen LogP contribution is 2.26. The maximum absolute atomic E-state index is 13.0. The van der Waals surface area contributed by atoms with Crippen LogP contribution in [0.3, 0.4) is 0 Å². The van der Waals surface area contributed by atoms with Crippen molar-refractivity contribution in [1.82, 2.24) is 4.31 Å². The van der Waals surface area contributed by atoms with E-state index in [1.54, 1.807) is 18.2 Å². The monoisotopic (exact) mass is 493 g/mol. The fraction of sp³-hybridized carbons (Fsp3) is 0.364. The van der Waals surface area contributed by atoms with Crippen molar-refractivity contribution < 1.29 is 37.0 Å². The van der Waals surface area contributed by atoms with E-state index in [1.807, 2.05) is 0 Å². The van der Waals surface area contributed by atoms with Gasteiger partial charge in [0, 0.05) is 31.6 Å². The molecule has 3 rings (SSSR count). The maximum Gasteiger partial charge on any atom is 0.411 e. The van der Waals surface area contributed by atoms with Gasteiger partial charge < -0.3 is 24.3 Å². The molecular weight excluding hydrogens is 466 g/mol. The van der Waals surface area contributed by atoms with Gasteiger partial charge in [-0.05, 0) is 36.4 Å². The van der Waals surface area contributed by atoms with E-state index >= 15 is 0 Å². The number of benzene rings is 2. The minimum absolute atomic E-state index is 0.0189. The molecule has 184 valence electrons. The van der Waals surface area contributed by atoms with Gasteiger partial charge in [0.1, 0.15) is 12.4 Å². The summed E-state index contributed by atoms with van der Waals surface area (Å²) in [6, 6.07) is 10.6. The molecule has 0 saturated carbocycles. The number of methoxy groups -OCH3 is 2. The zero-order valence-electron chi connectivity index (χ0n) is 18.9. The Bertz CT molecular complexity index is 1120. The van der Waals surface area contributed by atoms with Crippen LogP contribution in [0, 0.1) is 0 Å². The molecule has 2 aromatic rings. The number of anilines is 2. The summed E-state index contributed by atoms with van der Waals surface area (Å²) in [4.78, 5) is 24.8. The number of carbonyl (C=O) groups is 2. The third kappa shape index (κ3) is 6.44. The van der Waals surface area contributed by atoms with E-state index < -0.39 is 22.0 Å². The van der Waals surface area contributed by atoms with E-state index in [0.717, 1.165) is 0 Å². The SMILES string of the molecule is COCCOC(=O)Nc1cccc(NC(=O)c2cc(S(=O)(=O)N3CCOCC3)ccc2OC)c1. The molecule has 2 N–H and O–H groups in total. The maximum atomic E-state index is 13.0. The Hall–Kier alpha value is -3.19. The van der Waals surface area contributed by atoms with E-state index in [4.69, 9.17) is 18.9 Å². The lowest BCUT2D eigenvalue weighted by molar-refractivity contribution is 0.0730. The standard InChI is InChI=1S/C22H27N3O8S/c1-30-12-13-33-22(27)24-17-5-3-4-16(14-17)23-21(26)19-15-18(6-7-20(19)31-2)34(28,29)25-8-10-32-11-9-25/h3-7,14-15H,8-13H2,1-2H3,(H,23,26)(H,24,27). The number of hydrogen-bond acceptors (Lipinski definition) is 8. The number of hydrogen-bond donors (Lipinski definition) is 2. The minimum atomic E-state index is -3.80. The van der Waals surface area contributed by atoms with Gasteiger partial charge in [-0.15, -0.1) is 0 Å². The van der Waals surface area contributed by atoms with Crippen molar-refractivity contribution in [1.29, 1.82) is 0 Å². The highest BCUT2D eigenvalue weighted by Gasteiger charge is 2.28. The predicted octanol–water partition coefficient (Wildman–Crippen LogP) is 2.16. The second-order valence-corrected chi connectivity index (χ2v) is 9.11. The van der Waals surface area contributed by atoms with Gasteiger partial charge in [-0.25, -0.2) is 13.2 Å². The lowest BCUT2D eigenvalue weighted by Gasteiger charge is -2.26. The number of ether oxygens (including phenoxy) is 4. The molecule has 1 heterocycles. The number of nitrogens with zero attached hydrogens (tertiary/aromatic N) is 1. The minimum Gasteiger partial charge on any atom is -0.496 e. The van der Waals surface area contributed by atoms with Gasteiger partial charge in [-0.3, -0.25) is 10.1 Å². The molecule has 0 bridgehead atoms. The van der Waals surface area contributed by atoms with Crippen LogP contribution in [-0.2, 0) is 24.2 Å². The molecule has 1 saturated heterocycles. The van der Waals surface area contributed by atoms with Crippen LogP contribution >= 0.6 is 0 Å². The summed E-state index contributed by atoms with van der Waals surface area (Å²) in [5.41, 5.74) is 0.827. The van der Waals surface area contributed by atoms with E-state index in [0.29, 0.717) is 24.6 Å². The van der Waals surface area contributed by atoms with Gasteiger partial charge in [0.2, 0.25) is 10.0 Å². The average molecular weight is 494 g/mol. The lowest BCUT2D eigenvalue weighted by Crippen LogP contribution is -2.40. The van der Waals surface area contributed by atoms with E-state index in [2.05, 4.69) is 10.6 Å². The van der Waals surface area contributed by atoms with Crippen LogP contribution in [0.1, 0.15) is 10.4 Å². The zero-order chi connectivity index (χ0) is 24.6. The molecule has 34 heavy (non-hydrogen) atoms. The van der Waals surface area contributed by atoms with E-state index in [-0.39, 0.29) is 42.5 Å². The highest BCUT2D eigenvalue weighted by molar-refractivity contribution is 7.89. The van der Waals surface area contributed by atoms with Crippen LogP contribution in [0.2, 0.25) is 0 Å². The normalized spacial score (nSPS) is 14.3. The van der Waals surface area contributed by atoms with Gasteiger partial charge in [0.15, 0.2) is 0 Å². The molecular formula is C22H27N3O8S. The number of nitrogens with one attached hydrogen (secondary N) is 2. The summed E-state index contributed by atoms with van der Waals surface area (Å²) in [5.74, 6) is -0.356. The molecule has 0 atom stereocenters. The van der Waals surface area contributed by atoms with Crippen LogP contribution < -0.4 is 15.4 Å². The zero-order valence-corrected chi connectivity index (χ0v) is 19.7. The molecule has 11 nitrogen and oxygen atoms in total. The Kier molecular flexibility index (Phi) is 8.82. The van der Waals surface area contributed by atoms with Crippen molar-refractivity contribution in [3.63, 3.8) is 0 Å². The number of amides is 2. The quantitative estimate of drug-likeness (QED) is 0.508. The summed E-state index contributed by atoms with van der Waals surface area (Å²) >= 11 is 0. The lowest BCUT2D eigenvalue weighted by atomic mass is 10.1. The fourth-order valence-corrected chi connectivity index (χ4v) is 4.64. The Balaban J connectivity index is 1.76. The Morgan fingerprint density at radius 2 is 1.71 bits per heavy atom. The number of morpholine rings is 1. The van der Waals surface area contributed by atoms with Gasteiger partial charge >= 0.3 is 6.09 Å². The molecule has 0 radical (unpaired) electrons. The summed E-state index contributed by atoms with van der Waals surface area (Å²) in [6.45, 7) is 1.47. The van der Waals surface area contributed by atoms with Crippen molar-refractivity contribution in [2.45, 2.75) is 4.90 Å². The highest BCUT2D eigenvalue weighted by atomic mass is 32.2. The van der Waals surface area contributed by atoms with Crippen LogP contribution in [0.25, 0.3) is 0 Å². The molecule has 1 aliphatic heterocycles. The first-order chi connectivity index (χ1) is 16.3. The first kappa shape index (κ1) is 25.4. The molecule has 1 fully saturated rings. The summed E-state index contributed by atoms with van der Waals surface area (Å²) in [7, 11) is -0.911. The van der Waals surface area contributed by atoms with Crippen molar-refractivity contribution in [2.24, 2.45) is 0 Å². The molecule has 2 amide bonds. The summed E-state index contributed by atoms with van der Waals surface area (Å²) in [6.07, 6.45) is -0.664. The van der Waals surface area contributed by atoms with Crippen LogP contribution in [0.4, 0.5) is 16.2 Å². The van der Waals surface area contributed by atoms with Crippen LogP contribution in [0.15, 0.2) is 47.4 Å². The first-order valence-corrected chi connectivity index (χ1v) is 11.9. The molecule has 1 aliphatic rings. The third-order valence-electron chi connectivity index (χ3n) is 4.91. The van der Waals surface area contributed by atoms with Crippen molar-refractivity contribution in [3.8, 4) is 5.75 Å². The second-order valence-electron chi connectivity index (χ2n) is 7.17. The average Bonchev–Trinajstić information content (AvgIpc) is 2.84. The number of sulfonamides is 1. The molecule has 0 aromatic heterocycles. The van der Waals surface area contributed by atoms with Gasteiger partial charge in [0.05, 0.1) is 37.4 Å². The number of rotatable bonds is 9. The second kappa shape index (κ2) is 11.8. The molecule has 2 aromatic carbocycles. The molecule has 0 aliphatic carbocycles. The van der Waals surface area contributed by atoms with E-state index in [9.17, 15) is 18.0 Å². The Morgan fingerprint density at radius 1 is 1.00 bits per heavy atom. The fourth-order valence-electron chi connectivity index (χ4n) is 3.21.